The van der Waals surface area contributed by atoms with Crippen LogP contribution in [0.5, 0.6) is 0 Å². The van der Waals surface area contributed by atoms with E-state index in [1.807, 2.05) is 18.2 Å². The van der Waals surface area contributed by atoms with Gasteiger partial charge >= 0.3 is 0 Å². The van der Waals surface area contributed by atoms with Crippen LogP contribution >= 0.6 is 15.9 Å². The van der Waals surface area contributed by atoms with Gasteiger partial charge in [-0.2, -0.15) is 0 Å². The van der Waals surface area contributed by atoms with Gasteiger partial charge in [0, 0.05) is 10.9 Å². The Morgan fingerprint density at radius 1 is 1.50 bits per heavy atom. The first-order chi connectivity index (χ1) is 5.68. The lowest BCUT2D eigenvalue weighted by Crippen LogP contribution is -1.94. The average Bonchev–Trinajstić information content (AvgIpc) is 2.31. The Morgan fingerprint density at radius 2 is 2.25 bits per heavy atom. The predicted octanol–water partition coefficient (Wildman–Crippen LogP) is 3.36. The fraction of sp³-hybridized carbons (Fsp3) is 0.200. The highest BCUT2D eigenvalue weighted by Gasteiger charge is 2.24. The molecule has 0 bridgehead atoms. The Bertz CT molecular complexity index is 344. The first-order valence-corrected chi connectivity index (χ1v) is 4.59. The molecular weight excluding hydrogens is 219 g/mol. The van der Waals surface area contributed by atoms with Crippen LogP contribution in [0.4, 0.5) is 4.39 Å². The summed E-state index contributed by atoms with van der Waals surface area (Å²) in [5.41, 5.74) is 2.65. The molecule has 1 aliphatic rings. The van der Waals surface area contributed by atoms with Gasteiger partial charge in [-0.25, -0.2) is 4.39 Å². The molecule has 1 aromatic rings. The van der Waals surface area contributed by atoms with Gasteiger partial charge in [0.25, 0.3) is 0 Å². The molecule has 0 aliphatic heterocycles. The molecule has 0 heterocycles. The molecule has 0 saturated carbocycles. The van der Waals surface area contributed by atoms with E-state index >= 15 is 0 Å². The van der Waals surface area contributed by atoms with Crippen molar-refractivity contribution in [1.82, 2.24) is 0 Å². The molecule has 1 unspecified atom stereocenters. The van der Waals surface area contributed by atoms with Crippen molar-refractivity contribution in [3.05, 3.63) is 40.4 Å². The number of alkyl halides is 1. The van der Waals surface area contributed by atoms with Crippen molar-refractivity contribution in [2.75, 3.05) is 0 Å². The van der Waals surface area contributed by atoms with E-state index < -0.39 is 6.17 Å². The van der Waals surface area contributed by atoms with Gasteiger partial charge in [0.15, 0.2) is 0 Å². The number of fused-ring (bicyclic) bond motifs is 1. The van der Waals surface area contributed by atoms with Crippen molar-refractivity contribution < 1.29 is 4.39 Å². The number of rotatable bonds is 0. The van der Waals surface area contributed by atoms with E-state index in [1.54, 1.807) is 0 Å². The molecule has 1 atom stereocenters. The second-order valence-electron chi connectivity index (χ2n) is 3.00. The van der Waals surface area contributed by atoms with Crippen LogP contribution in [0.25, 0.3) is 5.57 Å². The van der Waals surface area contributed by atoms with Crippen molar-refractivity contribution >= 4 is 21.5 Å². The zero-order valence-corrected chi connectivity index (χ0v) is 8.07. The topological polar surface area (TPSA) is 0 Å². The Balaban J connectivity index is 2.56. The van der Waals surface area contributed by atoms with Gasteiger partial charge in [-0.3, -0.25) is 0 Å². The predicted molar refractivity (Wildman–Crippen MR) is 51.8 cm³/mol. The fourth-order valence-corrected chi connectivity index (χ4v) is 1.87. The number of halogens is 2. The molecule has 0 fully saturated rings. The maximum Gasteiger partial charge on any atom is 0.129 e. The molecule has 0 radical (unpaired) electrons. The SMILES string of the molecule is C=C1c2cc(Br)ccc2CC1F. The van der Waals surface area contributed by atoms with Crippen molar-refractivity contribution in [2.24, 2.45) is 0 Å². The van der Waals surface area contributed by atoms with Crippen LogP contribution in [-0.4, -0.2) is 6.17 Å². The van der Waals surface area contributed by atoms with Gasteiger partial charge < -0.3 is 0 Å². The smallest absolute Gasteiger partial charge is 0.129 e. The highest BCUT2D eigenvalue weighted by Crippen LogP contribution is 2.34. The monoisotopic (exact) mass is 226 g/mol. The highest BCUT2D eigenvalue weighted by molar-refractivity contribution is 9.10. The molecule has 0 spiro atoms. The van der Waals surface area contributed by atoms with Crippen molar-refractivity contribution in [3.8, 4) is 0 Å². The minimum Gasteiger partial charge on any atom is -0.242 e. The molecule has 0 aromatic heterocycles. The van der Waals surface area contributed by atoms with Crippen molar-refractivity contribution in [2.45, 2.75) is 12.6 Å². The quantitative estimate of drug-likeness (QED) is 0.637. The lowest BCUT2D eigenvalue weighted by molar-refractivity contribution is 0.421. The molecular formula is C10H8BrF. The second kappa shape index (κ2) is 2.70. The summed E-state index contributed by atoms with van der Waals surface area (Å²) in [5.74, 6) is 0. The van der Waals surface area contributed by atoms with E-state index in [-0.39, 0.29) is 0 Å². The second-order valence-corrected chi connectivity index (χ2v) is 3.91. The summed E-state index contributed by atoms with van der Waals surface area (Å²) in [7, 11) is 0. The first kappa shape index (κ1) is 7.99. The number of hydrogen-bond acceptors (Lipinski definition) is 0. The Morgan fingerprint density at radius 3 is 3.00 bits per heavy atom. The first-order valence-electron chi connectivity index (χ1n) is 3.80. The molecule has 0 N–H and O–H groups in total. The molecule has 0 amide bonds. The zero-order chi connectivity index (χ0) is 8.72. The van der Waals surface area contributed by atoms with E-state index in [4.69, 9.17) is 0 Å². The van der Waals surface area contributed by atoms with Crippen LogP contribution in [-0.2, 0) is 6.42 Å². The van der Waals surface area contributed by atoms with Gasteiger partial charge in [0.05, 0.1) is 0 Å². The van der Waals surface area contributed by atoms with Crippen LogP contribution in [0.2, 0.25) is 0 Å². The number of allylic oxidation sites excluding steroid dienone is 1. The van der Waals surface area contributed by atoms with E-state index in [0.29, 0.717) is 12.0 Å². The van der Waals surface area contributed by atoms with Crippen LogP contribution < -0.4 is 0 Å². The maximum atomic E-state index is 13.1. The van der Waals surface area contributed by atoms with Crippen LogP contribution in [0.1, 0.15) is 11.1 Å². The molecule has 2 rings (SSSR count). The summed E-state index contributed by atoms with van der Waals surface area (Å²) < 4.78 is 14.1. The van der Waals surface area contributed by atoms with Crippen molar-refractivity contribution in [3.63, 3.8) is 0 Å². The number of hydrogen-bond donors (Lipinski definition) is 0. The number of benzene rings is 1. The van der Waals surface area contributed by atoms with Crippen molar-refractivity contribution in [1.29, 1.82) is 0 Å². The lowest BCUT2D eigenvalue weighted by Gasteiger charge is -1.99. The lowest BCUT2D eigenvalue weighted by atomic mass is 10.1. The molecule has 0 saturated heterocycles. The third-order valence-electron chi connectivity index (χ3n) is 2.20. The zero-order valence-electron chi connectivity index (χ0n) is 6.48. The highest BCUT2D eigenvalue weighted by atomic mass is 79.9. The van der Waals surface area contributed by atoms with Gasteiger partial charge in [-0.15, -0.1) is 0 Å². The standard InChI is InChI=1S/C10H8BrF/c1-6-9-5-8(11)3-2-7(9)4-10(6)12/h2-3,5,10H,1,4H2. The van der Waals surface area contributed by atoms with Gasteiger partial charge in [-0.05, 0) is 28.8 Å². The summed E-state index contributed by atoms with van der Waals surface area (Å²) in [6.07, 6.45) is -0.393. The maximum absolute atomic E-state index is 13.1. The van der Waals surface area contributed by atoms with Gasteiger partial charge in [0.1, 0.15) is 6.17 Å². The Kier molecular flexibility index (Phi) is 1.80. The van der Waals surface area contributed by atoms with Crippen LogP contribution in [0, 0.1) is 0 Å². The van der Waals surface area contributed by atoms with E-state index in [9.17, 15) is 4.39 Å². The van der Waals surface area contributed by atoms with Gasteiger partial charge in [-0.1, -0.05) is 28.6 Å². The Hall–Kier alpha value is -0.630. The molecule has 62 valence electrons. The fourth-order valence-electron chi connectivity index (χ4n) is 1.51. The summed E-state index contributed by atoms with van der Waals surface area (Å²) in [5, 5.41) is 0. The minimum absolute atomic E-state index is 0.488. The molecule has 2 heteroatoms. The molecule has 1 aromatic carbocycles. The molecule has 0 nitrogen and oxygen atoms in total. The van der Waals surface area contributed by atoms with E-state index in [1.165, 1.54) is 0 Å². The van der Waals surface area contributed by atoms with Gasteiger partial charge in [0.2, 0.25) is 0 Å². The van der Waals surface area contributed by atoms with E-state index in [2.05, 4.69) is 22.5 Å². The third-order valence-corrected chi connectivity index (χ3v) is 2.69. The molecule has 1 aliphatic carbocycles. The molecule has 12 heavy (non-hydrogen) atoms. The van der Waals surface area contributed by atoms with Crippen LogP contribution in [0.15, 0.2) is 29.3 Å². The largest absolute Gasteiger partial charge is 0.242 e. The summed E-state index contributed by atoms with van der Waals surface area (Å²) >= 11 is 3.35. The normalized spacial score (nSPS) is 21.2. The minimum atomic E-state index is -0.880. The summed E-state index contributed by atoms with van der Waals surface area (Å²) in [6, 6.07) is 5.81. The van der Waals surface area contributed by atoms with Crippen LogP contribution in [0.3, 0.4) is 0 Å². The summed E-state index contributed by atoms with van der Waals surface area (Å²) in [6.45, 7) is 3.72. The summed E-state index contributed by atoms with van der Waals surface area (Å²) in [4.78, 5) is 0. The third kappa shape index (κ3) is 1.11. The average molecular weight is 227 g/mol. The van der Waals surface area contributed by atoms with E-state index in [0.717, 1.165) is 15.6 Å². The Labute approximate surface area is 79.2 Å².